The van der Waals surface area contributed by atoms with E-state index in [9.17, 15) is 8.94 Å². The van der Waals surface area contributed by atoms with Crippen LogP contribution in [0.2, 0.25) is 0 Å². The minimum absolute atomic E-state index is 0.311. The summed E-state index contributed by atoms with van der Waals surface area (Å²) in [5.74, 6) is -0.311. The zero-order valence-corrected chi connectivity index (χ0v) is 10.8. The molecular weight excluding hydrogens is 225 g/mol. The lowest BCUT2D eigenvalue weighted by atomic mass is 10.1. The summed E-state index contributed by atoms with van der Waals surface area (Å²) in [5, 5.41) is 0. The maximum absolute atomic E-state index is 13.0. The molecule has 0 saturated carbocycles. The summed E-state index contributed by atoms with van der Waals surface area (Å²) in [6.07, 6.45) is 0. The van der Waals surface area contributed by atoms with Crippen LogP contribution in [0.4, 0.5) is 4.39 Å². The van der Waals surface area contributed by atoms with Gasteiger partial charge in [0.1, 0.15) is 21.9 Å². The largest absolute Gasteiger partial charge is 0.591 e. The van der Waals surface area contributed by atoms with Crippen LogP contribution >= 0.6 is 0 Å². The van der Waals surface area contributed by atoms with Crippen LogP contribution in [0.3, 0.4) is 0 Å². The highest BCUT2D eigenvalue weighted by molar-refractivity contribution is 7.91. The Bertz CT molecular complexity index is 398. The summed E-state index contributed by atoms with van der Waals surface area (Å²) in [7, 11) is 0. The van der Waals surface area contributed by atoms with Crippen LogP contribution in [-0.2, 0) is 11.4 Å². The number of halogens is 1. The molecule has 2 nitrogen and oxygen atoms in total. The van der Waals surface area contributed by atoms with Gasteiger partial charge in [-0.2, -0.15) is 0 Å². The lowest BCUT2D eigenvalue weighted by Gasteiger charge is -2.18. The quantitative estimate of drug-likeness (QED) is 0.579. The van der Waals surface area contributed by atoms with E-state index in [4.69, 9.17) is 0 Å². The van der Waals surface area contributed by atoms with Crippen molar-refractivity contribution in [3.05, 3.63) is 35.6 Å². The van der Waals surface area contributed by atoms with E-state index >= 15 is 0 Å². The number of hydrogen-bond acceptors (Lipinski definition) is 2. The molecule has 0 fully saturated rings. The first-order chi connectivity index (χ1) is 7.30. The van der Waals surface area contributed by atoms with E-state index in [1.807, 2.05) is 20.8 Å². The molecule has 0 radical (unpaired) electrons. The Kier molecular flexibility index (Phi) is 4.10. The lowest BCUT2D eigenvalue weighted by Crippen LogP contribution is -2.26. The SMILES string of the molecule is CC(=N[S+]([O-])C(C)(C)C)c1cccc(F)c1. The monoisotopic (exact) mass is 241 g/mol. The molecule has 0 amide bonds. The van der Waals surface area contributed by atoms with Crippen molar-refractivity contribution >= 4 is 17.1 Å². The van der Waals surface area contributed by atoms with Gasteiger partial charge in [-0.1, -0.05) is 16.5 Å². The summed E-state index contributed by atoms with van der Waals surface area (Å²) < 4.78 is 28.4. The van der Waals surface area contributed by atoms with Crippen molar-refractivity contribution in [3.63, 3.8) is 0 Å². The Morgan fingerprint density at radius 3 is 2.50 bits per heavy atom. The van der Waals surface area contributed by atoms with E-state index in [1.54, 1.807) is 19.1 Å². The first kappa shape index (κ1) is 13.2. The van der Waals surface area contributed by atoms with Gasteiger partial charge < -0.3 is 4.55 Å². The van der Waals surface area contributed by atoms with E-state index in [0.717, 1.165) is 0 Å². The molecule has 16 heavy (non-hydrogen) atoms. The molecule has 4 heteroatoms. The van der Waals surface area contributed by atoms with E-state index in [0.29, 0.717) is 11.3 Å². The molecule has 1 rings (SSSR count). The van der Waals surface area contributed by atoms with Gasteiger partial charge in [-0.25, -0.2) is 4.39 Å². The third-order valence-electron chi connectivity index (χ3n) is 1.99. The minimum atomic E-state index is -1.31. The number of rotatable bonds is 2. The van der Waals surface area contributed by atoms with E-state index in [-0.39, 0.29) is 5.82 Å². The average Bonchev–Trinajstić information content (AvgIpc) is 2.16. The Morgan fingerprint density at radius 1 is 1.38 bits per heavy atom. The molecule has 1 aromatic rings. The molecule has 0 aliphatic heterocycles. The third kappa shape index (κ3) is 3.61. The molecule has 0 saturated heterocycles. The molecule has 1 unspecified atom stereocenters. The van der Waals surface area contributed by atoms with Crippen molar-refractivity contribution in [2.45, 2.75) is 32.4 Å². The van der Waals surface area contributed by atoms with Gasteiger partial charge in [0, 0.05) is 5.56 Å². The van der Waals surface area contributed by atoms with Crippen LogP contribution in [0.15, 0.2) is 28.7 Å². The fourth-order valence-electron chi connectivity index (χ4n) is 1.03. The second-order valence-electron chi connectivity index (χ2n) is 4.55. The number of hydrogen-bond donors (Lipinski definition) is 0. The van der Waals surface area contributed by atoms with Gasteiger partial charge >= 0.3 is 0 Å². The third-order valence-corrected chi connectivity index (χ3v) is 3.47. The molecule has 0 aliphatic rings. The van der Waals surface area contributed by atoms with Crippen molar-refractivity contribution < 1.29 is 8.94 Å². The van der Waals surface area contributed by atoms with Crippen LogP contribution in [0, 0.1) is 5.82 Å². The maximum atomic E-state index is 13.0. The Labute approximate surface area is 98.9 Å². The molecule has 88 valence electrons. The molecule has 0 aliphatic carbocycles. The molecule has 0 aromatic heterocycles. The standard InChI is InChI=1S/C12H16FNOS/c1-9(14-16(15)12(2,3)4)10-6-5-7-11(13)8-10/h5-8H,1-4H3. The van der Waals surface area contributed by atoms with Crippen molar-refractivity contribution in [1.82, 2.24) is 0 Å². The predicted octanol–water partition coefficient (Wildman–Crippen LogP) is 3.10. The summed E-state index contributed by atoms with van der Waals surface area (Å²) in [4.78, 5) is 0. The molecular formula is C12H16FNOS. The van der Waals surface area contributed by atoms with Crippen LogP contribution in [-0.4, -0.2) is 15.0 Å². The van der Waals surface area contributed by atoms with Gasteiger partial charge in [-0.05, 0) is 39.8 Å². The van der Waals surface area contributed by atoms with Gasteiger partial charge in [-0.3, -0.25) is 0 Å². The molecule has 0 spiro atoms. The number of benzene rings is 1. The normalized spacial score (nSPS) is 15.0. The second kappa shape index (κ2) is 4.97. The lowest BCUT2D eigenvalue weighted by molar-refractivity contribution is 0.561. The van der Waals surface area contributed by atoms with Crippen molar-refractivity contribution in [3.8, 4) is 0 Å². The van der Waals surface area contributed by atoms with Gasteiger partial charge in [0.2, 0.25) is 0 Å². The average molecular weight is 241 g/mol. The molecule has 0 N–H and O–H groups in total. The Balaban J connectivity index is 2.94. The highest BCUT2D eigenvalue weighted by Crippen LogP contribution is 2.18. The first-order valence-corrected chi connectivity index (χ1v) is 6.14. The van der Waals surface area contributed by atoms with Crippen molar-refractivity contribution in [2.24, 2.45) is 4.40 Å². The van der Waals surface area contributed by atoms with E-state index in [1.165, 1.54) is 12.1 Å². The zero-order chi connectivity index (χ0) is 12.3. The fraction of sp³-hybridized carbons (Fsp3) is 0.417. The Morgan fingerprint density at radius 2 is 2.00 bits per heavy atom. The minimum Gasteiger partial charge on any atom is -0.591 e. The zero-order valence-electron chi connectivity index (χ0n) is 9.95. The summed E-state index contributed by atoms with van der Waals surface area (Å²) in [5.41, 5.74) is 1.25. The highest BCUT2D eigenvalue weighted by Gasteiger charge is 2.26. The van der Waals surface area contributed by atoms with Gasteiger partial charge in [0.15, 0.2) is 0 Å². The topological polar surface area (TPSA) is 35.4 Å². The predicted molar refractivity (Wildman–Crippen MR) is 66.5 cm³/mol. The first-order valence-electron chi connectivity index (χ1n) is 5.04. The van der Waals surface area contributed by atoms with Crippen molar-refractivity contribution in [1.29, 1.82) is 0 Å². The fourth-order valence-corrected chi connectivity index (χ4v) is 1.66. The number of nitrogens with zero attached hydrogens (tertiary/aromatic N) is 1. The Hall–Kier alpha value is -0.870. The van der Waals surface area contributed by atoms with Crippen LogP contribution in [0.5, 0.6) is 0 Å². The van der Waals surface area contributed by atoms with Gasteiger partial charge in [0.25, 0.3) is 0 Å². The molecule has 1 atom stereocenters. The van der Waals surface area contributed by atoms with E-state index in [2.05, 4.69) is 4.40 Å². The van der Waals surface area contributed by atoms with Crippen molar-refractivity contribution in [2.75, 3.05) is 0 Å². The van der Waals surface area contributed by atoms with Crippen LogP contribution < -0.4 is 0 Å². The molecule has 1 aromatic carbocycles. The van der Waals surface area contributed by atoms with Crippen LogP contribution in [0.25, 0.3) is 0 Å². The smallest absolute Gasteiger partial charge is 0.144 e. The van der Waals surface area contributed by atoms with E-state index < -0.39 is 16.1 Å². The summed E-state index contributed by atoms with van der Waals surface area (Å²) in [6, 6.07) is 6.13. The second-order valence-corrected chi connectivity index (χ2v) is 6.45. The highest BCUT2D eigenvalue weighted by atomic mass is 32.2. The summed E-state index contributed by atoms with van der Waals surface area (Å²) >= 11 is -1.31. The maximum Gasteiger partial charge on any atom is 0.144 e. The van der Waals surface area contributed by atoms with Gasteiger partial charge in [0.05, 0.1) is 5.71 Å². The molecule has 0 bridgehead atoms. The summed E-state index contributed by atoms with van der Waals surface area (Å²) in [6.45, 7) is 7.29. The van der Waals surface area contributed by atoms with Gasteiger partial charge in [-0.15, -0.1) is 0 Å². The molecule has 0 heterocycles. The van der Waals surface area contributed by atoms with Crippen LogP contribution in [0.1, 0.15) is 33.3 Å².